The molecule has 1 aliphatic heterocycles. The van der Waals surface area contributed by atoms with Gasteiger partial charge in [-0.15, -0.1) is 11.3 Å². The van der Waals surface area contributed by atoms with Gasteiger partial charge in [-0.2, -0.15) is 0 Å². The van der Waals surface area contributed by atoms with Gasteiger partial charge >= 0.3 is 0 Å². The first-order valence-corrected chi connectivity index (χ1v) is 9.98. The van der Waals surface area contributed by atoms with Crippen LogP contribution < -0.4 is 5.56 Å². The molecule has 4 nitrogen and oxygen atoms in total. The van der Waals surface area contributed by atoms with Crippen LogP contribution in [0, 0.1) is 17.7 Å². The highest BCUT2D eigenvalue weighted by molar-refractivity contribution is 7.15. The lowest BCUT2D eigenvalue weighted by Crippen LogP contribution is -2.33. The molecule has 134 valence electrons. The lowest BCUT2D eigenvalue weighted by Gasteiger charge is -2.40. The highest BCUT2D eigenvalue weighted by Crippen LogP contribution is 2.51. The van der Waals surface area contributed by atoms with Crippen molar-refractivity contribution in [1.82, 2.24) is 14.3 Å². The summed E-state index contributed by atoms with van der Waals surface area (Å²) in [5.41, 5.74) is 2.11. The lowest BCUT2D eigenvalue weighted by molar-refractivity contribution is 0.191. The minimum Gasteiger partial charge on any atom is -0.302 e. The summed E-state index contributed by atoms with van der Waals surface area (Å²) in [4.78, 5) is 20.1. The normalized spacial score (nSPS) is 25.3. The lowest BCUT2D eigenvalue weighted by atomic mass is 9.64. The van der Waals surface area contributed by atoms with Crippen LogP contribution in [0.3, 0.4) is 0 Å². The van der Waals surface area contributed by atoms with Crippen molar-refractivity contribution in [2.24, 2.45) is 11.8 Å². The van der Waals surface area contributed by atoms with E-state index in [4.69, 9.17) is 0 Å². The number of aromatic nitrogens is 2. The predicted molar refractivity (Wildman–Crippen MR) is 100 cm³/mol. The van der Waals surface area contributed by atoms with Crippen LogP contribution in [0.25, 0.3) is 4.96 Å². The third-order valence-electron chi connectivity index (χ3n) is 6.05. The molecular weight excluding hydrogens is 349 g/mol. The Morgan fingerprint density at radius 2 is 2.08 bits per heavy atom. The zero-order valence-corrected chi connectivity index (χ0v) is 15.2. The van der Waals surface area contributed by atoms with Crippen LogP contribution in [0.4, 0.5) is 4.39 Å². The van der Waals surface area contributed by atoms with Gasteiger partial charge in [-0.3, -0.25) is 9.20 Å². The van der Waals surface area contributed by atoms with Crippen molar-refractivity contribution >= 4 is 16.3 Å². The van der Waals surface area contributed by atoms with Crippen LogP contribution in [0.5, 0.6) is 0 Å². The second-order valence-corrected chi connectivity index (χ2v) is 8.34. The summed E-state index contributed by atoms with van der Waals surface area (Å²) in [6.45, 7) is 3.08. The molecule has 1 saturated carbocycles. The fraction of sp³-hybridized carbons (Fsp3) is 0.400. The number of rotatable bonds is 4. The third-order valence-corrected chi connectivity index (χ3v) is 6.82. The van der Waals surface area contributed by atoms with E-state index in [2.05, 4.69) is 9.88 Å². The molecular formula is C20H20FN3OS. The minimum absolute atomic E-state index is 0.0580. The Labute approximate surface area is 154 Å². The Bertz CT molecular complexity index is 996. The molecule has 3 unspecified atom stereocenters. The van der Waals surface area contributed by atoms with Gasteiger partial charge < -0.3 is 4.90 Å². The Hall–Kier alpha value is -2.05. The standard InChI is InChI=1S/C20H20FN3OS/c21-16-3-1-13(2-4-16)17-9-15-11-23(12-18(15)17)6-5-14-10-22-20-24(19(14)25)7-8-26-20/h1-4,7-8,10,15,17-18H,5-6,9,11-12H2. The highest BCUT2D eigenvalue weighted by atomic mass is 32.1. The molecule has 2 aromatic heterocycles. The molecule has 26 heavy (non-hydrogen) atoms. The zero-order valence-electron chi connectivity index (χ0n) is 14.3. The van der Waals surface area contributed by atoms with E-state index in [0.29, 0.717) is 11.8 Å². The van der Waals surface area contributed by atoms with E-state index >= 15 is 0 Å². The molecule has 1 aliphatic carbocycles. The van der Waals surface area contributed by atoms with Gasteiger partial charge in [-0.25, -0.2) is 9.37 Å². The smallest absolute Gasteiger partial charge is 0.261 e. The van der Waals surface area contributed by atoms with Crippen LogP contribution in [-0.2, 0) is 6.42 Å². The van der Waals surface area contributed by atoms with Crippen molar-refractivity contribution < 1.29 is 4.39 Å². The summed E-state index contributed by atoms with van der Waals surface area (Å²) in [6, 6.07) is 7.00. The van der Waals surface area contributed by atoms with Crippen molar-refractivity contribution in [3.8, 4) is 0 Å². The fourth-order valence-electron chi connectivity index (χ4n) is 4.59. The molecule has 6 heteroatoms. The van der Waals surface area contributed by atoms with E-state index in [1.54, 1.807) is 28.9 Å². The van der Waals surface area contributed by atoms with Gasteiger partial charge in [0.25, 0.3) is 5.56 Å². The Kier molecular flexibility index (Phi) is 3.90. The second kappa shape index (κ2) is 6.28. The van der Waals surface area contributed by atoms with Gasteiger partial charge in [0.1, 0.15) is 5.82 Å². The summed E-state index contributed by atoms with van der Waals surface area (Å²) >= 11 is 1.48. The van der Waals surface area contributed by atoms with Gasteiger partial charge in [0.05, 0.1) is 0 Å². The Balaban J connectivity index is 1.23. The van der Waals surface area contributed by atoms with Gasteiger partial charge in [-0.1, -0.05) is 12.1 Å². The van der Waals surface area contributed by atoms with E-state index in [0.717, 1.165) is 42.5 Å². The second-order valence-electron chi connectivity index (χ2n) is 7.47. The SMILES string of the molecule is O=c1c(CCN2CC3CC(c4ccc(F)cc4)C3C2)cnc2sccn12. The van der Waals surface area contributed by atoms with E-state index in [1.807, 2.05) is 17.5 Å². The van der Waals surface area contributed by atoms with Crippen LogP contribution in [-0.4, -0.2) is 33.9 Å². The van der Waals surface area contributed by atoms with Gasteiger partial charge in [-0.05, 0) is 48.3 Å². The van der Waals surface area contributed by atoms with Crippen LogP contribution >= 0.6 is 11.3 Å². The third kappa shape index (κ3) is 2.68. The molecule has 3 heterocycles. The number of hydrogen-bond donors (Lipinski definition) is 0. The summed E-state index contributed by atoms with van der Waals surface area (Å²) < 4.78 is 14.8. The number of fused-ring (bicyclic) bond motifs is 2. The van der Waals surface area contributed by atoms with Crippen molar-refractivity contribution in [2.75, 3.05) is 19.6 Å². The van der Waals surface area contributed by atoms with Crippen molar-refractivity contribution in [3.05, 3.63) is 69.3 Å². The maximum Gasteiger partial charge on any atom is 0.261 e. The monoisotopic (exact) mass is 369 g/mol. The minimum atomic E-state index is -0.167. The van der Waals surface area contributed by atoms with Crippen LogP contribution in [0.2, 0.25) is 0 Å². The van der Waals surface area contributed by atoms with Gasteiger partial charge in [0.2, 0.25) is 0 Å². The predicted octanol–water partition coefficient (Wildman–Crippen LogP) is 3.17. The van der Waals surface area contributed by atoms with Crippen molar-refractivity contribution in [3.63, 3.8) is 0 Å². The topological polar surface area (TPSA) is 37.6 Å². The quantitative estimate of drug-likeness (QED) is 0.709. The average Bonchev–Trinajstić information content (AvgIpc) is 3.23. The molecule has 2 aliphatic rings. The molecule has 5 rings (SSSR count). The molecule has 0 amide bonds. The number of nitrogens with zero attached hydrogens (tertiary/aromatic N) is 3. The molecule has 1 saturated heterocycles. The van der Waals surface area contributed by atoms with E-state index in [9.17, 15) is 9.18 Å². The number of halogens is 1. The highest BCUT2D eigenvalue weighted by Gasteiger charge is 2.47. The molecule has 2 fully saturated rings. The maximum atomic E-state index is 13.1. The maximum absolute atomic E-state index is 13.1. The number of thiazole rings is 1. The first-order valence-electron chi connectivity index (χ1n) is 9.10. The van der Waals surface area contributed by atoms with Crippen LogP contribution in [0.1, 0.15) is 23.5 Å². The summed E-state index contributed by atoms with van der Waals surface area (Å²) in [5.74, 6) is 1.79. The largest absolute Gasteiger partial charge is 0.302 e. The van der Waals surface area contributed by atoms with Gasteiger partial charge in [0, 0.05) is 43.0 Å². The Morgan fingerprint density at radius 3 is 2.92 bits per heavy atom. The number of benzene rings is 1. The first kappa shape index (κ1) is 16.1. The first-order chi connectivity index (χ1) is 12.7. The molecule has 0 bridgehead atoms. The molecule has 3 aromatic rings. The van der Waals surface area contributed by atoms with Crippen molar-refractivity contribution in [2.45, 2.75) is 18.8 Å². The van der Waals surface area contributed by atoms with E-state index in [-0.39, 0.29) is 11.4 Å². The van der Waals surface area contributed by atoms with Crippen LogP contribution in [0.15, 0.2) is 46.8 Å². The molecule has 1 aromatic carbocycles. The molecule has 3 atom stereocenters. The number of hydrogen-bond acceptors (Lipinski definition) is 4. The number of likely N-dealkylation sites (tertiary alicyclic amines) is 1. The summed E-state index contributed by atoms with van der Waals surface area (Å²) in [7, 11) is 0. The fourth-order valence-corrected chi connectivity index (χ4v) is 5.26. The molecule has 0 N–H and O–H groups in total. The Morgan fingerprint density at radius 1 is 1.23 bits per heavy atom. The zero-order chi connectivity index (χ0) is 17.7. The van der Waals surface area contributed by atoms with Gasteiger partial charge in [0.15, 0.2) is 4.96 Å². The van der Waals surface area contributed by atoms with Crippen molar-refractivity contribution in [1.29, 1.82) is 0 Å². The van der Waals surface area contributed by atoms with E-state index < -0.39 is 0 Å². The van der Waals surface area contributed by atoms with E-state index in [1.165, 1.54) is 23.3 Å². The molecule has 0 spiro atoms. The summed E-state index contributed by atoms with van der Waals surface area (Å²) in [5, 5.41) is 1.89. The molecule has 0 radical (unpaired) electrons. The average molecular weight is 369 g/mol. The summed E-state index contributed by atoms with van der Waals surface area (Å²) in [6.07, 6.45) is 5.46.